The molecule has 152 valence electrons. The van der Waals surface area contributed by atoms with Crippen molar-refractivity contribution >= 4 is 11.7 Å². The first-order valence-corrected chi connectivity index (χ1v) is 9.54. The Balaban J connectivity index is 1.82. The zero-order valence-corrected chi connectivity index (χ0v) is 16.0. The topological polar surface area (TPSA) is 100.0 Å². The van der Waals surface area contributed by atoms with Crippen LogP contribution in [0.4, 0.5) is 0 Å². The predicted octanol–water partition coefficient (Wildman–Crippen LogP) is 1.99. The van der Waals surface area contributed by atoms with E-state index >= 15 is 0 Å². The second-order valence-corrected chi connectivity index (χ2v) is 6.66. The highest BCUT2D eigenvalue weighted by molar-refractivity contribution is 6.08. The highest BCUT2D eigenvalue weighted by atomic mass is 16.5. The summed E-state index contributed by atoms with van der Waals surface area (Å²) in [6.45, 7) is 0.372. The van der Waals surface area contributed by atoms with Gasteiger partial charge in [0.1, 0.15) is 6.04 Å². The summed E-state index contributed by atoms with van der Waals surface area (Å²) in [4.78, 5) is 31.4. The van der Waals surface area contributed by atoms with Crippen LogP contribution in [0.1, 0.15) is 23.7 Å². The zero-order valence-electron chi connectivity index (χ0n) is 16.0. The lowest BCUT2D eigenvalue weighted by Gasteiger charge is -2.26. The Bertz CT molecular complexity index is 867. The fraction of sp³-hybridized carbons (Fsp3) is 0.318. The van der Waals surface area contributed by atoms with E-state index in [0.29, 0.717) is 12.1 Å². The lowest BCUT2D eigenvalue weighted by atomic mass is 9.96. The Morgan fingerprint density at radius 1 is 1.10 bits per heavy atom. The first-order chi connectivity index (χ1) is 14.1. The smallest absolute Gasteiger partial charge is 0.290 e. The number of aromatic nitrogens is 1. The van der Waals surface area contributed by atoms with Crippen LogP contribution in [0.25, 0.3) is 0 Å². The van der Waals surface area contributed by atoms with Gasteiger partial charge in [-0.05, 0) is 24.1 Å². The Morgan fingerprint density at radius 2 is 1.86 bits per heavy atom. The minimum absolute atomic E-state index is 0.0757. The van der Waals surface area contributed by atoms with Gasteiger partial charge in [-0.2, -0.15) is 0 Å². The number of benzene rings is 1. The summed E-state index contributed by atoms with van der Waals surface area (Å²) >= 11 is 0. The molecule has 1 unspecified atom stereocenters. The second kappa shape index (κ2) is 9.95. The molecule has 7 heteroatoms. The Hall–Kier alpha value is -3.03. The average molecular weight is 396 g/mol. The molecule has 1 amide bonds. The molecule has 2 heterocycles. The number of aliphatic hydroxyl groups excluding tert-OH is 2. The SMILES string of the molecule is O=C(CCc1ccccc1)C1=C(O)C(=O)N(CCOCCO)C1c1ccccn1. The number of carbonyl (C=O) groups is 2. The number of pyridine rings is 1. The van der Waals surface area contributed by atoms with E-state index in [0.717, 1.165) is 5.56 Å². The van der Waals surface area contributed by atoms with Gasteiger partial charge in [-0.3, -0.25) is 14.6 Å². The van der Waals surface area contributed by atoms with E-state index in [9.17, 15) is 14.7 Å². The number of Topliss-reactive ketones (excluding diaryl/α,β-unsaturated/α-hetero) is 1. The first-order valence-electron chi connectivity index (χ1n) is 9.54. The Labute approximate surface area is 169 Å². The normalized spacial score (nSPS) is 16.5. The Morgan fingerprint density at radius 3 is 2.55 bits per heavy atom. The molecular formula is C22H24N2O5. The van der Waals surface area contributed by atoms with Gasteiger partial charge in [0.2, 0.25) is 0 Å². The molecule has 3 rings (SSSR count). The molecule has 0 saturated heterocycles. The molecule has 2 N–H and O–H groups in total. The molecule has 0 spiro atoms. The maximum Gasteiger partial charge on any atom is 0.290 e. The summed E-state index contributed by atoms with van der Waals surface area (Å²) < 4.78 is 5.26. The molecule has 2 aromatic rings. The van der Waals surface area contributed by atoms with Crippen LogP contribution < -0.4 is 0 Å². The first kappa shape index (κ1) is 20.7. The van der Waals surface area contributed by atoms with E-state index in [1.165, 1.54) is 4.90 Å². The standard InChI is InChI=1S/C22H24N2O5/c25-13-15-29-14-12-24-20(17-8-4-5-11-23-17)19(21(27)22(24)28)18(26)10-9-16-6-2-1-3-7-16/h1-8,11,20,25,27H,9-10,12-15H2. The molecule has 0 aliphatic carbocycles. The molecule has 0 bridgehead atoms. The number of nitrogens with zero attached hydrogens (tertiary/aromatic N) is 2. The molecule has 0 fully saturated rings. The highest BCUT2D eigenvalue weighted by Crippen LogP contribution is 2.37. The van der Waals surface area contributed by atoms with Gasteiger partial charge in [0.05, 0.1) is 31.1 Å². The minimum atomic E-state index is -0.760. The quantitative estimate of drug-likeness (QED) is 0.596. The number of hydrogen-bond acceptors (Lipinski definition) is 6. The highest BCUT2D eigenvalue weighted by Gasteiger charge is 2.43. The molecule has 0 radical (unpaired) electrons. The van der Waals surface area contributed by atoms with Gasteiger partial charge >= 0.3 is 0 Å². The molecule has 29 heavy (non-hydrogen) atoms. The summed E-state index contributed by atoms with van der Waals surface area (Å²) in [5, 5.41) is 19.3. The molecule has 0 saturated carbocycles. The lowest BCUT2D eigenvalue weighted by Crippen LogP contribution is -2.34. The fourth-order valence-corrected chi connectivity index (χ4v) is 3.38. The molecule has 1 aromatic carbocycles. The maximum absolute atomic E-state index is 13.0. The number of aryl methyl sites for hydroxylation is 1. The minimum Gasteiger partial charge on any atom is -0.503 e. The second-order valence-electron chi connectivity index (χ2n) is 6.66. The third-order valence-corrected chi connectivity index (χ3v) is 4.77. The molecular weight excluding hydrogens is 372 g/mol. The van der Waals surface area contributed by atoms with Gasteiger partial charge in [0, 0.05) is 19.2 Å². The van der Waals surface area contributed by atoms with Gasteiger partial charge < -0.3 is 19.8 Å². The van der Waals surface area contributed by atoms with Gasteiger partial charge in [0.25, 0.3) is 5.91 Å². The molecule has 1 aliphatic rings. The van der Waals surface area contributed by atoms with E-state index in [1.54, 1.807) is 24.4 Å². The van der Waals surface area contributed by atoms with E-state index in [2.05, 4.69) is 4.98 Å². The van der Waals surface area contributed by atoms with Gasteiger partial charge in [-0.1, -0.05) is 36.4 Å². The third kappa shape index (κ3) is 4.88. The van der Waals surface area contributed by atoms with Crippen molar-refractivity contribution in [3.8, 4) is 0 Å². The van der Waals surface area contributed by atoms with Crippen LogP contribution in [0.2, 0.25) is 0 Å². The van der Waals surface area contributed by atoms with Gasteiger partial charge in [0.15, 0.2) is 11.5 Å². The van der Waals surface area contributed by atoms with E-state index < -0.39 is 17.7 Å². The summed E-state index contributed by atoms with van der Waals surface area (Å²) in [5.41, 5.74) is 1.59. The van der Waals surface area contributed by atoms with Crippen LogP contribution >= 0.6 is 0 Å². The van der Waals surface area contributed by atoms with Crippen molar-refractivity contribution in [3.05, 3.63) is 77.3 Å². The van der Waals surface area contributed by atoms with Gasteiger partial charge in [-0.15, -0.1) is 0 Å². The molecule has 1 atom stereocenters. The number of ketones is 1. The molecule has 1 aromatic heterocycles. The van der Waals surface area contributed by atoms with E-state index in [4.69, 9.17) is 9.84 Å². The number of rotatable bonds is 10. The van der Waals surface area contributed by atoms with Crippen LogP contribution in [-0.4, -0.2) is 58.2 Å². The van der Waals surface area contributed by atoms with Crippen molar-refractivity contribution in [1.29, 1.82) is 0 Å². The lowest BCUT2D eigenvalue weighted by molar-refractivity contribution is -0.130. The zero-order chi connectivity index (χ0) is 20.6. The van der Waals surface area contributed by atoms with Crippen molar-refractivity contribution in [1.82, 2.24) is 9.88 Å². The maximum atomic E-state index is 13.0. The van der Waals surface area contributed by atoms with Crippen LogP contribution in [0.5, 0.6) is 0 Å². The summed E-state index contributed by atoms with van der Waals surface area (Å²) in [6, 6.07) is 14.1. The van der Waals surface area contributed by atoms with Crippen molar-refractivity contribution in [2.45, 2.75) is 18.9 Å². The van der Waals surface area contributed by atoms with Gasteiger partial charge in [-0.25, -0.2) is 0 Å². The monoisotopic (exact) mass is 396 g/mol. The van der Waals surface area contributed by atoms with Crippen LogP contribution in [0.3, 0.4) is 0 Å². The predicted molar refractivity (Wildman–Crippen MR) is 106 cm³/mol. The van der Waals surface area contributed by atoms with Crippen LogP contribution in [0, 0.1) is 0 Å². The van der Waals surface area contributed by atoms with Crippen LogP contribution in [-0.2, 0) is 20.7 Å². The van der Waals surface area contributed by atoms with Crippen molar-refractivity contribution in [2.75, 3.05) is 26.4 Å². The van der Waals surface area contributed by atoms with Crippen molar-refractivity contribution in [3.63, 3.8) is 0 Å². The summed E-state index contributed by atoms with van der Waals surface area (Å²) in [5.74, 6) is -1.42. The fourth-order valence-electron chi connectivity index (χ4n) is 3.38. The summed E-state index contributed by atoms with van der Waals surface area (Å²) in [6.07, 6.45) is 2.27. The number of carbonyl (C=O) groups excluding carboxylic acids is 2. The number of ether oxygens (including phenoxy) is 1. The van der Waals surface area contributed by atoms with Crippen molar-refractivity contribution < 1.29 is 24.5 Å². The molecule has 7 nitrogen and oxygen atoms in total. The summed E-state index contributed by atoms with van der Waals surface area (Å²) in [7, 11) is 0. The Kier molecular flexibility index (Phi) is 7.10. The van der Waals surface area contributed by atoms with E-state index in [-0.39, 0.29) is 44.1 Å². The average Bonchev–Trinajstić information content (AvgIpc) is 3.01. The number of aliphatic hydroxyl groups is 2. The van der Waals surface area contributed by atoms with E-state index in [1.807, 2.05) is 30.3 Å². The number of hydrogen-bond donors (Lipinski definition) is 2. The number of amides is 1. The molecule has 1 aliphatic heterocycles. The third-order valence-electron chi connectivity index (χ3n) is 4.77. The van der Waals surface area contributed by atoms with Crippen molar-refractivity contribution in [2.24, 2.45) is 0 Å². The largest absolute Gasteiger partial charge is 0.503 e. The van der Waals surface area contributed by atoms with Crippen LogP contribution in [0.15, 0.2) is 66.1 Å².